The highest BCUT2D eigenvalue weighted by atomic mass is 14.1. The molecule has 0 aromatic carbocycles. The molecule has 83 valence electrons. The third-order valence-corrected chi connectivity index (χ3v) is 2.62. The van der Waals surface area contributed by atoms with E-state index in [9.17, 15) is 0 Å². The Bertz CT molecular complexity index is 133. The van der Waals surface area contributed by atoms with Crippen LogP contribution in [0.25, 0.3) is 0 Å². The van der Waals surface area contributed by atoms with Crippen molar-refractivity contribution in [3.63, 3.8) is 0 Å². The van der Waals surface area contributed by atoms with Gasteiger partial charge in [-0.25, -0.2) is 0 Å². The van der Waals surface area contributed by atoms with Crippen LogP contribution in [-0.4, -0.2) is 0 Å². The molecule has 1 radical (unpaired) electrons. The third-order valence-electron chi connectivity index (χ3n) is 2.62. The zero-order valence-electron chi connectivity index (χ0n) is 10.3. The standard InChI is InChI=1S/C14H27/c1-5-7-9-14(10-8-6-2)12-11-13(3)4/h7,9,13-14H,1,5-6,8,10-12H2,2-4H3. The molecular weight excluding hydrogens is 168 g/mol. The first-order valence-corrected chi connectivity index (χ1v) is 6.16. The number of unbranched alkanes of at least 4 members (excludes halogenated alkanes) is 1. The first-order chi connectivity index (χ1) is 6.70. The summed E-state index contributed by atoms with van der Waals surface area (Å²) in [4.78, 5) is 0. The minimum Gasteiger partial charge on any atom is -0.0883 e. The van der Waals surface area contributed by atoms with Crippen molar-refractivity contribution in [2.75, 3.05) is 0 Å². The smallest absolute Gasteiger partial charge is 0.0233 e. The van der Waals surface area contributed by atoms with E-state index in [1.54, 1.807) is 0 Å². The lowest BCUT2D eigenvalue weighted by Gasteiger charge is -2.13. The molecule has 0 N–H and O–H groups in total. The van der Waals surface area contributed by atoms with E-state index < -0.39 is 0 Å². The Morgan fingerprint density at radius 3 is 2.36 bits per heavy atom. The van der Waals surface area contributed by atoms with Crippen LogP contribution in [0.2, 0.25) is 0 Å². The summed E-state index contributed by atoms with van der Waals surface area (Å²) in [6.07, 6.45) is 12.3. The first-order valence-electron chi connectivity index (χ1n) is 6.16. The van der Waals surface area contributed by atoms with Crippen LogP contribution < -0.4 is 0 Å². The summed E-state index contributed by atoms with van der Waals surface area (Å²) in [6.45, 7) is 10.7. The van der Waals surface area contributed by atoms with Gasteiger partial charge >= 0.3 is 0 Å². The fourth-order valence-corrected chi connectivity index (χ4v) is 1.64. The van der Waals surface area contributed by atoms with Crippen LogP contribution in [0.1, 0.15) is 59.3 Å². The summed E-state index contributed by atoms with van der Waals surface area (Å²) in [6, 6.07) is 0. The molecule has 0 aliphatic heterocycles. The van der Waals surface area contributed by atoms with Gasteiger partial charge in [-0.2, -0.15) is 0 Å². The molecule has 0 aromatic heterocycles. The van der Waals surface area contributed by atoms with Crippen LogP contribution >= 0.6 is 0 Å². The highest BCUT2D eigenvalue weighted by Gasteiger charge is 2.05. The average molecular weight is 195 g/mol. The van der Waals surface area contributed by atoms with Crippen molar-refractivity contribution < 1.29 is 0 Å². The van der Waals surface area contributed by atoms with Crippen LogP contribution in [0.15, 0.2) is 12.2 Å². The summed E-state index contributed by atoms with van der Waals surface area (Å²) in [5, 5.41) is 0. The maximum atomic E-state index is 3.85. The largest absolute Gasteiger partial charge is 0.0883 e. The summed E-state index contributed by atoms with van der Waals surface area (Å²) in [5.74, 6) is 1.64. The molecule has 0 bridgehead atoms. The second kappa shape index (κ2) is 9.30. The second-order valence-corrected chi connectivity index (χ2v) is 4.59. The van der Waals surface area contributed by atoms with E-state index >= 15 is 0 Å². The van der Waals surface area contributed by atoms with E-state index in [4.69, 9.17) is 0 Å². The van der Waals surface area contributed by atoms with Crippen molar-refractivity contribution in [3.8, 4) is 0 Å². The normalized spacial score (nSPS) is 14.1. The van der Waals surface area contributed by atoms with Gasteiger partial charge in [-0.15, -0.1) is 0 Å². The fraction of sp³-hybridized carbons (Fsp3) is 0.786. The first kappa shape index (κ1) is 13.7. The minimum absolute atomic E-state index is 0.805. The number of rotatable bonds is 8. The van der Waals surface area contributed by atoms with Gasteiger partial charge in [-0.3, -0.25) is 0 Å². The van der Waals surface area contributed by atoms with Crippen LogP contribution in [0.3, 0.4) is 0 Å². The van der Waals surface area contributed by atoms with Crippen molar-refractivity contribution in [2.45, 2.75) is 59.3 Å². The molecule has 0 fully saturated rings. The second-order valence-electron chi connectivity index (χ2n) is 4.59. The predicted octanol–water partition coefficient (Wildman–Crippen LogP) is 5.01. The van der Waals surface area contributed by atoms with Crippen molar-refractivity contribution in [1.29, 1.82) is 0 Å². The monoisotopic (exact) mass is 195 g/mol. The predicted molar refractivity (Wildman–Crippen MR) is 66.2 cm³/mol. The SMILES string of the molecule is [CH2]CC=CC(CCCC)CCC(C)C. The molecule has 0 heteroatoms. The molecule has 0 spiro atoms. The number of hydrogen-bond acceptors (Lipinski definition) is 0. The maximum absolute atomic E-state index is 3.85. The zero-order chi connectivity index (χ0) is 10.8. The number of allylic oxidation sites excluding steroid dienone is 2. The molecular formula is C14H27. The van der Waals surface area contributed by atoms with Crippen LogP contribution in [0.5, 0.6) is 0 Å². The molecule has 14 heavy (non-hydrogen) atoms. The Morgan fingerprint density at radius 2 is 1.86 bits per heavy atom. The van der Waals surface area contributed by atoms with Crippen LogP contribution in [0, 0.1) is 18.8 Å². The van der Waals surface area contributed by atoms with Crippen LogP contribution in [-0.2, 0) is 0 Å². The molecule has 1 unspecified atom stereocenters. The minimum atomic E-state index is 0.805. The molecule has 0 aromatic rings. The van der Waals surface area contributed by atoms with E-state index in [1.807, 2.05) is 0 Å². The molecule has 0 amide bonds. The molecule has 1 atom stereocenters. The van der Waals surface area contributed by atoms with Gasteiger partial charge in [0.1, 0.15) is 0 Å². The average Bonchev–Trinajstić information content (AvgIpc) is 2.16. The Kier molecular flexibility index (Phi) is 9.13. The van der Waals surface area contributed by atoms with Crippen molar-refractivity contribution in [1.82, 2.24) is 0 Å². The van der Waals surface area contributed by atoms with Gasteiger partial charge in [0.05, 0.1) is 0 Å². The van der Waals surface area contributed by atoms with Crippen molar-refractivity contribution >= 4 is 0 Å². The Labute approximate surface area is 90.8 Å². The molecule has 0 aliphatic rings. The van der Waals surface area contributed by atoms with Gasteiger partial charge in [0.15, 0.2) is 0 Å². The summed E-state index contributed by atoms with van der Waals surface area (Å²) in [5.41, 5.74) is 0. The third kappa shape index (κ3) is 8.34. The highest BCUT2D eigenvalue weighted by Crippen LogP contribution is 2.19. The zero-order valence-corrected chi connectivity index (χ0v) is 10.3. The summed E-state index contributed by atoms with van der Waals surface area (Å²) in [7, 11) is 0. The lowest BCUT2D eigenvalue weighted by atomic mass is 9.93. The topological polar surface area (TPSA) is 0 Å². The lowest BCUT2D eigenvalue weighted by molar-refractivity contribution is 0.449. The Morgan fingerprint density at radius 1 is 1.14 bits per heavy atom. The number of hydrogen-bond donors (Lipinski definition) is 0. The van der Waals surface area contributed by atoms with E-state index in [-0.39, 0.29) is 0 Å². The van der Waals surface area contributed by atoms with Crippen LogP contribution in [0.4, 0.5) is 0 Å². The molecule has 0 rings (SSSR count). The summed E-state index contributed by atoms with van der Waals surface area (Å²) >= 11 is 0. The van der Waals surface area contributed by atoms with E-state index in [2.05, 4.69) is 39.8 Å². The molecule has 0 nitrogen and oxygen atoms in total. The van der Waals surface area contributed by atoms with E-state index in [0.29, 0.717) is 0 Å². The Balaban J connectivity index is 3.78. The Hall–Kier alpha value is -0.260. The molecule has 0 aliphatic carbocycles. The van der Waals surface area contributed by atoms with Gasteiger partial charge in [0.2, 0.25) is 0 Å². The molecule has 0 heterocycles. The van der Waals surface area contributed by atoms with E-state index in [0.717, 1.165) is 18.3 Å². The highest BCUT2D eigenvalue weighted by molar-refractivity contribution is 4.88. The van der Waals surface area contributed by atoms with E-state index in [1.165, 1.54) is 32.1 Å². The van der Waals surface area contributed by atoms with Gasteiger partial charge in [0, 0.05) is 0 Å². The molecule has 0 saturated heterocycles. The van der Waals surface area contributed by atoms with Gasteiger partial charge in [-0.05, 0) is 38.0 Å². The maximum Gasteiger partial charge on any atom is -0.0233 e. The summed E-state index contributed by atoms with van der Waals surface area (Å²) < 4.78 is 0. The van der Waals surface area contributed by atoms with Crippen molar-refractivity contribution in [3.05, 3.63) is 19.1 Å². The lowest BCUT2D eigenvalue weighted by Crippen LogP contribution is -1.99. The van der Waals surface area contributed by atoms with Gasteiger partial charge in [-0.1, -0.05) is 52.2 Å². The van der Waals surface area contributed by atoms with Crippen molar-refractivity contribution in [2.24, 2.45) is 11.8 Å². The van der Waals surface area contributed by atoms with Gasteiger partial charge in [0.25, 0.3) is 0 Å². The quantitative estimate of drug-likeness (QED) is 0.478. The fourth-order valence-electron chi connectivity index (χ4n) is 1.64. The van der Waals surface area contributed by atoms with Gasteiger partial charge < -0.3 is 0 Å². The molecule has 0 saturated carbocycles.